The van der Waals surface area contributed by atoms with Gasteiger partial charge in [0.2, 0.25) is 0 Å². The summed E-state index contributed by atoms with van der Waals surface area (Å²) in [5, 5.41) is 3.08. The number of nitrogens with one attached hydrogen (secondary N) is 1. The Morgan fingerprint density at radius 1 is 1.20 bits per heavy atom. The molecule has 0 aliphatic heterocycles. The quantitative estimate of drug-likeness (QED) is 0.907. The molecule has 106 valence electrons. The molecule has 2 aromatic rings. The molecule has 0 radical (unpaired) electrons. The summed E-state index contributed by atoms with van der Waals surface area (Å²) < 4.78 is 13.9. The highest BCUT2D eigenvalue weighted by Crippen LogP contribution is 2.25. The largest absolute Gasteiger partial charge is 0.353 e. The summed E-state index contributed by atoms with van der Waals surface area (Å²) in [5.74, 6) is 0.659. The molecule has 4 heteroatoms. The fraction of sp³-hybridized carbons (Fsp3) is 0.312. The van der Waals surface area contributed by atoms with Gasteiger partial charge in [-0.25, -0.2) is 9.37 Å². The first-order valence-electron chi connectivity index (χ1n) is 6.71. The van der Waals surface area contributed by atoms with Crippen LogP contribution in [0.5, 0.6) is 0 Å². The van der Waals surface area contributed by atoms with Crippen molar-refractivity contribution >= 4 is 5.82 Å². The zero-order chi connectivity index (χ0) is 14.5. The molecule has 0 fully saturated rings. The van der Waals surface area contributed by atoms with Crippen LogP contribution in [0.4, 0.5) is 10.2 Å². The number of rotatable bonds is 5. The third-order valence-electron chi connectivity index (χ3n) is 3.45. The molecule has 1 unspecified atom stereocenters. The first kappa shape index (κ1) is 14.5. The van der Waals surface area contributed by atoms with Crippen LogP contribution in [0.2, 0.25) is 0 Å². The summed E-state index contributed by atoms with van der Waals surface area (Å²) in [4.78, 5) is 6.56. The molecule has 2 rings (SSSR count). The lowest BCUT2D eigenvalue weighted by Crippen LogP contribution is -2.24. The van der Waals surface area contributed by atoms with Crippen molar-refractivity contribution in [2.24, 2.45) is 0 Å². The number of pyridine rings is 1. The normalized spacial score (nSPS) is 12.2. The van der Waals surface area contributed by atoms with Gasteiger partial charge in [-0.05, 0) is 32.2 Å². The van der Waals surface area contributed by atoms with Crippen molar-refractivity contribution < 1.29 is 4.39 Å². The Morgan fingerprint density at radius 3 is 2.65 bits per heavy atom. The van der Waals surface area contributed by atoms with Crippen LogP contribution in [0.3, 0.4) is 0 Å². The van der Waals surface area contributed by atoms with Crippen LogP contribution in [0, 0.1) is 5.82 Å². The summed E-state index contributed by atoms with van der Waals surface area (Å²) in [5.41, 5.74) is 1.65. The summed E-state index contributed by atoms with van der Waals surface area (Å²) in [6.45, 7) is 2.70. The molecule has 0 saturated heterocycles. The molecule has 0 aliphatic rings. The maximum atomic E-state index is 13.9. The molecule has 1 aromatic heterocycles. The van der Waals surface area contributed by atoms with Crippen molar-refractivity contribution in [3.05, 3.63) is 59.5 Å². The Labute approximate surface area is 119 Å². The molecule has 0 spiro atoms. The molecule has 0 aliphatic carbocycles. The molecule has 0 bridgehead atoms. The van der Waals surface area contributed by atoms with Crippen LogP contribution in [-0.4, -0.2) is 19.1 Å². The Balaban J connectivity index is 2.24. The topological polar surface area (TPSA) is 28.2 Å². The van der Waals surface area contributed by atoms with Gasteiger partial charge in [-0.1, -0.05) is 24.3 Å². The van der Waals surface area contributed by atoms with Gasteiger partial charge in [0.1, 0.15) is 11.6 Å². The van der Waals surface area contributed by atoms with Gasteiger partial charge in [0.05, 0.1) is 11.7 Å². The zero-order valence-electron chi connectivity index (χ0n) is 12.1. The Morgan fingerprint density at radius 2 is 1.95 bits per heavy atom. The predicted molar refractivity (Wildman–Crippen MR) is 80.2 cm³/mol. The van der Waals surface area contributed by atoms with Crippen molar-refractivity contribution in [3.8, 4) is 0 Å². The minimum Gasteiger partial charge on any atom is -0.353 e. The van der Waals surface area contributed by atoms with Gasteiger partial charge in [0.25, 0.3) is 0 Å². The molecular weight excluding hydrogens is 253 g/mol. The Kier molecular flexibility index (Phi) is 4.69. The molecule has 1 aromatic carbocycles. The first-order chi connectivity index (χ1) is 9.63. The van der Waals surface area contributed by atoms with Crippen molar-refractivity contribution in [1.29, 1.82) is 0 Å². The van der Waals surface area contributed by atoms with Crippen LogP contribution >= 0.6 is 0 Å². The second kappa shape index (κ2) is 6.48. The monoisotopic (exact) mass is 273 g/mol. The number of anilines is 1. The second-order valence-electron chi connectivity index (χ2n) is 4.83. The summed E-state index contributed by atoms with van der Waals surface area (Å²) in [6, 6.07) is 12.7. The van der Waals surface area contributed by atoms with Crippen LogP contribution in [-0.2, 0) is 6.54 Å². The van der Waals surface area contributed by atoms with E-state index in [0.717, 1.165) is 18.1 Å². The Bertz CT molecular complexity index is 571. The minimum absolute atomic E-state index is 0.0754. The van der Waals surface area contributed by atoms with Gasteiger partial charge >= 0.3 is 0 Å². The van der Waals surface area contributed by atoms with Crippen LogP contribution in [0.1, 0.15) is 24.2 Å². The van der Waals surface area contributed by atoms with E-state index < -0.39 is 0 Å². The number of aromatic nitrogens is 1. The molecule has 1 N–H and O–H groups in total. The highest BCUT2D eigenvalue weighted by Gasteiger charge is 2.16. The number of hydrogen-bond acceptors (Lipinski definition) is 3. The predicted octanol–water partition coefficient (Wildman–Crippen LogP) is 3.14. The van der Waals surface area contributed by atoms with Crippen molar-refractivity contribution in [2.45, 2.75) is 19.5 Å². The van der Waals surface area contributed by atoms with E-state index in [1.165, 1.54) is 6.07 Å². The maximum absolute atomic E-state index is 13.9. The van der Waals surface area contributed by atoms with E-state index in [9.17, 15) is 4.39 Å². The van der Waals surface area contributed by atoms with E-state index in [4.69, 9.17) is 0 Å². The number of benzene rings is 1. The molecule has 3 nitrogen and oxygen atoms in total. The van der Waals surface area contributed by atoms with Crippen LogP contribution < -0.4 is 10.2 Å². The zero-order valence-corrected chi connectivity index (χ0v) is 12.1. The lowest BCUT2D eigenvalue weighted by molar-refractivity contribution is 0.584. The molecular formula is C16H20FN3. The smallest absolute Gasteiger partial charge is 0.129 e. The summed E-state index contributed by atoms with van der Waals surface area (Å²) >= 11 is 0. The highest BCUT2D eigenvalue weighted by atomic mass is 19.1. The average molecular weight is 273 g/mol. The number of halogens is 1. The summed E-state index contributed by atoms with van der Waals surface area (Å²) in [6.07, 6.45) is 0. The first-order valence-corrected chi connectivity index (χ1v) is 6.71. The van der Waals surface area contributed by atoms with Gasteiger partial charge in [-0.15, -0.1) is 0 Å². The molecule has 20 heavy (non-hydrogen) atoms. The van der Waals surface area contributed by atoms with Crippen LogP contribution in [0.15, 0.2) is 42.5 Å². The van der Waals surface area contributed by atoms with E-state index in [2.05, 4.69) is 10.3 Å². The van der Waals surface area contributed by atoms with E-state index in [1.807, 2.05) is 56.3 Å². The number of hydrogen-bond donors (Lipinski definition) is 1. The SMILES string of the molecule is CNCc1cccc(N(C)C(C)c2ccccc2F)n1. The molecule has 1 heterocycles. The van der Waals surface area contributed by atoms with E-state index in [1.54, 1.807) is 6.07 Å². The van der Waals surface area contributed by atoms with E-state index in [-0.39, 0.29) is 11.9 Å². The van der Waals surface area contributed by atoms with E-state index in [0.29, 0.717) is 5.56 Å². The minimum atomic E-state index is -0.182. The van der Waals surface area contributed by atoms with Crippen molar-refractivity contribution in [1.82, 2.24) is 10.3 Å². The van der Waals surface area contributed by atoms with Crippen molar-refractivity contribution in [3.63, 3.8) is 0 Å². The van der Waals surface area contributed by atoms with Gasteiger partial charge in [0.15, 0.2) is 0 Å². The average Bonchev–Trinajstić information content (AvgIpc) is 2.47. The lowest BCUT2D eigenvalue weighted by atomic mass is 10.1. The van der Waals surface area contributed by atoms with Gasteiger partial charge in [-0.3, -0.25) is 0 Å². The van der Waals surface area contributed by atoms with Gasteiger partial charge < -0.3 is 10.2 Å². The van der Waals surface area contributed by atoms with Crippen LogP contribution in [0.25, 0.3) is 0 Å². The third kappa shape index (κ3) is 3.14. The fourth-order valence-corrected chi connectivity index (χ4v) is 2.16. The molecule has 0 saturated carbocycles. The lowest BCUT2D eigenvalue weighted by Gasteiger charge is -2.27. The third-order valence-corrected chi connectivity index (χ3v) is 3.45. The number of nitrogens with zero attached hydrogens (tertiary/aromatic N) is 2. The van der Waals surface area contributed by atoms with Gasteiger partial charge in [-0.2, -0.15) is 0 Å². The molecule has 0 amide bonds. The maximum Gasteiger partial charge on any atom is 0.129 e. The summed E-state index contributed by atoms with van der Waals surface area (Å²) in [7, 11) is 3.82. The standard InChI is InChI=1S/C16H20FN3/c1-12(14-8-4-5-9-15(14)17)20(3)16-10-6-7-13(19-16)11-18-2/h4-10,12,18H,11H2,1-3H3. The fourth-order valence-electron chi connectivity index (χ4n) is 2.16. The second-order valence-corrected chi connectivity index (χ2v) is 4.83. The molecule has 1 atom stereocenters. The van der Waals surface area contributed by atoms with E-state index >= 15 is 0 Å². The highest BCUT2D eigenvalue weighted by molar-refractivity contribution is 5.42. The van der Waals surface area contributed by atoms with Gasteiger partial charge in [0, 0.05) is 19.2 Å². The van der Waals surface area contributed by atoms with Crippen molar-refractivity contribution in [2.75, 3.05) is 19.0 Å². The Hall–Kier alpha value is -1.94.